The van der Waals surface area contributed by atoms with Crippen LogP contribution in [-0.4, -0.2) is 12.7 Å². The number of benzene rings is 1. The molecule has 1 aromatic carbocycles. The van der Waals surface area contributed by atoms with Gasteiger partial charge in [0.2, 0.25) is 0 Å². The molecule has 19 heavy (non-hydrogen) atoms. The van der Waals surface area contributed by atoms with Crippen LogP contribution in [0.15, 0.2) is 30.3 Å². The predicted molar refractivity (Wildman–Crippen MR) is 83.6 cm³/mol. The molecule has 1 rings (SSSR count). The molecule has 0 amide bonds. The minimum atomic E-state index is 0.336. The van der Waals surface area contributed by atoms with Gasteiger partial charge in [-0.3, -0.25) is 0 Å². The van der Waals surface area contributed by atoms with Gasteiger partial charge in [0.05, 0.1) is 6.10 Å². The molecular weight excluding hydrogens is 232 g/mol. The van der Waals surface area contributed by atoms with E-state index in [9.17, 15) is 0 Å². The Labute approximate surface area is 119 Å². The van der Waals surface area contributed by atoms with E-state index in [2.05, 4.69) is 44.2 Å². The van der Waals surface area contributed by atoms with Crippen LogP contribution in [0.1, 0.15) is 64.4 Å². The fourth-order valence-corrected chi connectivity index (χ4v) is 2.35. The highest BCUT2D eigenvalue weighted by Crippen LogP contribution is 2.09. The highest BCUT2D eigenvalue weighted by Gasteiger charge is 2.03. The summed E-state index contributed by atoms with van der Waals surface area (Å²) in [7, 11) is 0. The van der Waals surface area contributed by atoms with E-state index < -0.39 is 0 Å². The van der Waals surface area contributed by atoms with Gasteiger partial charge in [0.1, 0.15) is 0 Å². The first-order chi connectivity index (χ1) is 9.33. The molecule has 0 spiro atoms. The van der Waals surface area contributed by atoms with E-state index in [0.29, 0.717) is 6.10 Å². The molecule has 0 aliphatic rings. The lowest BCUT2D eigenvalue weighted by Gasteiger charge is -2.13. The Hall–Kier alpha value is -0.820. The van der Waals surface area contributed by atoms with Gasteiger partial charge in [-0.25, -0.2) is 0 Å². The standard InChI is InChI=1S/C18H30O/c1-3-4-5-6-7-8-12-15-19-17(2)16-18-13-10-9-11-14-18/h9-11,13-14,17H,3-8,12,15-16H2,1-2H3/t17-/m0/s1. The maximum atomic E-state index is 5.87. The number of rotatable bonds is 11. The second-order valence-corrected chi connectivity index (χ2v) is 5.49. The molecule has 0 saturated carbocycles. The van der Waals surface area contributed by atoms with E-state index >= 15 is 0 Å². The van der Waals surface area contributed by atoms with Crippen LogP contribution in [0.25, 0.3) is 0 Å². The molecule has 0 aliphatic heterocycles. The highest BCUT2D eigenvalue weighted by molar-refractivity contribution is 5.15. The normalized spacial score (nSPS) is 12.5. The molecule has 0 aliphatic carbocycles. The zero-order valence-electron chi connectivity index (χ0n) is 12.7. The van der Waals surface area contributed by atoms with Crippen molar-refractivity contribution in [3.63, 3.8) is 0 Å². The summed E-state index contributed by atoms with van der Waals surface area (Å²) in [6, 6.07) is 10.6. The lowest BCUT2D eigenvalue weighted by atomic mass is 10.1. The molecule has 0 fully saturated rings. The second-order valence-electron chi connectivity index (χ2n) is 5.49. The topological polar surface area (TPSA) is 9.23 Å². The van der Waals surface area contributed by atoms with Crippen molar-refractivity contribution < 1.29 is 4.74 Å². The average molecular weight is 262 g/mol. The number of hydrogen-bond acceptors (Lipinski definition) is 1. The summed E-state index contributed by atoms with van der Waals surface area (Å²) in [4.78, 5) is 0. The Morgan fingerprint density at radius 1 is 0.895 bits per heavy atom. The Morgan fingerprint density at radius 2 is 1.53 bits per heavy atom. The van der Waals surface area contributed by atoms with E-state index in [-0.39, 0.29) is 0 Å². The van der Waals surface area contributed by atoms with Crippen LogP contribution < -0.4 is 0 Å². The first-order valence-electron chi connectivity index (χ1n) is 7.98. The minimum absolute atomic E-state index is 0.336. The fourth-order valence-electron chi connectivity index (χ4n) is 2.35. The van der Waals surface area contributed by atoms with Gasteiger partial charge in [-0.2, -0.15) is 0 Å². The predicted octanol–water partition coefficient (Wildman–Crippen LogP) is 5.38. The molecule has 0 unspecified atom stereocenters. The molecule has 0 heterocycles. The van der Waals surface area contributed by atoms with Crippen LogP contribution in [0, 0.1) is 0 Å². The third-order valence-corrected chi connectivity index (χ3v) is 3.52. The van der Waals surface area contributed by atoms with Crippen LogP contribution in [0.3, 0.4) is 0 Å². The minimum Gasteiger partial charge on any atom is -0.378 e. The second kappa shape index (κ2) is 11.0. The van der Waals surface area contributed by atoms with E-state index in [4.69, 9.17) is 4.74 Å². The molecule has 1 nitrogen and oxygen atoms in total. The largest absolute Gasteiger partial charge is 0.378 e. The summed E-state index contributed by atoms with van der Waals surface area (Å²) < 4.78 is 5.87. The van der Waals surface area contributed by atoms with Crippen LogP contribution in [0.2, 0.25) is 0 Å². The zero-order chi connectivity index (χ0) is 13.8. The van der Waals surface area contributed by atoms with E-state index in [1.54, 1.807) is 0 Å². The maximum Gasteiger partial charge on any atom is 0.0587 e. The van der Waals surface area contributed by atoms with E-state index in [1.807, 2.05) is 0 Å². The summed E-state index contributed by atoms with van der Waals surface area (Å²) >= 11 is 0. The summed E-state index contributed by atoms with van der Waals surface area (Å²) in [6.45, 7) is 5.36. The van der Waals surface area contributed by atoms with Crippen LogP contribution in [0.5, 0.6) is 0 Å². The van der Waals surface area contributed by atoms with Gasteiger partial charge in [0.25, 0.3) is 0 Å². The molecule has 0 aromatic heterocycles. The zero-order valence-corrected chi connectivity index (χ0v) is 12.7. The van der Waals surface area contributed by atoms with Gasteiger partial charge in [0.15, 0.2) is 0 Å². The lowest BCUT2D eigenvalue weighted by molar-refractivity contribution is 0.0635. The molecule has 1 atom stereocenters. The Kier molecular flexibility index (Phi) is 9.44. The van der Waals surface area contributed by atoms with E-state index in [0.717, 1.165) is 13.0 Å². The first-order valence-corrected chi connectivity index (χ1v) is 7.98. The number of ether oxygens (including phenoxy) is 1. The summed E-state index contributed by atoms with van der Waals surface area (Å²) in [5, 5.41) is 0. The van der Waals surface area contributed by atoms with Crippen molar-refractivity contribution >= 4 is 0 Å². The maximum absolute atomic E-state index is 5.87. The van der Waals surface area contributed by atoms with Crippen molar-refractivity contribution in [3.05, 3.63) is 35.9 Å². The molecule has 0 saturated heterocycles. The first kappa shape index (κ1) is 16.2. The Morgan fingerprint density at radius 3 is 2.21 bits per heavy atom. The van der Waals surface area contributed by atoms with Crippen LogP contribution in [-0.2, 0) is 11.2 Å². The summed E-state index contributed by atoms with van der Waals surface area (Å²) in [5.74, 6) is 0. The lowest BCUT2D eigenvalue weighted by Crippen LogP contribution is -2.12. The van der Waals surface area contributed by atoms with Crippen molar-refractivity contribution in [1.82, 2.24) is 0 Å². The third-order valence-electron chi connectivity index (χ3n) is 3.52. The quantitative estimate of drug-likeness (QED) is 0.486. The molecule has 0 radical (unpaired) electrons. The van der Waals surface area contributed by atoms with Gasteiger partial charge in [-0.1, -0.05) is 75.8 Å². The Balaban J connectivity index is 1.94. The highest BCUT2D eigenvalue weighted by atomic mass is 16.5. The fraction of sp³-hybridized carbons (Fsp3) is 0.667. The third kappa shape index (κ3) is 8.83. The number of hydrogen-bond donors (Lipinski definition) is 0. The number of unbranched alkanes of at least 4 members (excludes halogenated alkanes) is 6. The van der Waals surface area contributed by atoms with Crippen molar-refractivity contribution in [1.29, 1.82) is 0 Å². The van der Waals surface area contributed by atoms with Crippen LogP contribution >= 0.6 is 0 Å². The molecule has 1 heteroatoms. The van der Waals surface area contributed by atoms with Crippen molar-refractivity contribution in [3.8, 4) is 0 Å². The van der Waals surface area contributed by atoms with Crippen molar-refractivity contribution in [2.24, 2.45) is 0 Å². The monoisotopic (exact) mass is 262 g/mol. The van der Waals surface area contributed by atoms with Gasteiger partial charge in [0, 0.05) is 6.61 Å². The Bertz CT molecular complexity index is 294. The summed E-state index contributed by atoms with van der Waals surface area (Å²) in [6.07, 6.45) is 10.8. The van der Waals surface area contributed by atoms with Gasteiger partial charge in [-0.15, -0.1) is 0 Å². The molecular formula is C18H30O. The van der Waals surface area contributed by atoms with Crippen LogP contribution in [0.4, 0.5) is 0 Å². The summed E-state index contributed by atoms with van der Waals surface area (Å²) in [5.41, 5.74) is 1.37. The van der Waals surface area contributed by atoms with Gasteiger partial charge < -0.3 is 4.74 Å². The average Bonchev–Trinajstić information content (AvgIpc) is 2.43. The van der Waals surface area contributed by atoms with E-state index in [1.165, 1.54) is 50.5 Å². The molecule has 0 N–H and O–H groups in total. The smallest absolute Gasteiger partial charge is 0.0587 e. The molecule has 0 bridgehead atoms. The molecule has 108 valence electrons. The van der Waals surface area contributed by atoms with Gasteiger partial charge in [-0.05, 0) is 25.3 Å². The van der Waals surface area contributed by atoms with Gasteiger partial charge >= 0.3 is 0 Å². The SMILES string of the molecule is CCCCCCCCCO[C@@H](C)Cc1ccccc1. The van der Waals surface area contributed by atoms with Crippen molar-refractivity contribution in [2.45, 2.75) is 71.3 Å². The molecule has 1 aromatic rings. The van der Waals surface area contributed by atoms with Crippen molar-refractivity contribution in [2.75, 3.05) is 6.61 Å².